The first-order valence-corrected chi connectivity index (χ1v) is 6.19. The molecule has 0 aliphatic carbocycles. The molecule has 0 aliphatic rings. The number of benzene rings is 1. The summed E-state index contributed by atoms with van der Waals surface area (Å²) in [6.07, 6.45) is 3.73. The Morgan fingerprint density at radius 2 is 2.35 bits per heavy atom. The van der Waals surface area contributed by atoms with Crippen molar-refractivity contribution < 1.29 is 9.90 Å². The molecule has 1 aromatic carbocycles. The second-order valence-electron chi connectivity index (χ2n) is 4.21. The topological polar surface area (TPSA) is 67.2 Å². The van der Waals surface area contributed by atoms with Crippen LogP contribution in [0.25, 0.3) is 0 Å². The molecule has 0 spiro atoms. The number of amides is 1. The molecular formula is C15H15N3O2. The number of aromatic nitrogens is 2. The number of nitrogens with zero attached hydrogens (tertiary/aromatic N) is 2. The minimum absolute atomic E-state index is 0.0359. The summed E-state index contributed by atoms with van der Waals surface area (Å²) in [6.45, 7) is 0.0359. The van der Waals surface area contributed by atoms with Crippen LogP contribution in [0.5, 0.6) is 0 Å². The summed E-state index contributed by atoms with van der Waals surface area (Å²) in [6, 6.07) is 7.05. The molecule has 0 saturated heterocycles. The van der Waals surface area contributed by atoms with Crippen molar-refractivity contribution in [3.63, 3.8) is 0 Å². The summed E-state index contributed by atoms with van der Waals surface area (Å²) < 4.78 is 1.62. The molecule has 0 atom stereocenters. The molecule has 1 amide bonds. The first-order chi connectivity index (χ1) is 9.69. The third-order valence-electron chi connectivity index (χ3n) is 2.56. The lowest BCUT2D eigenvalue weighted by Gasteiger charge is -2.02. The molecule has 5 nitrogen and oxygen atoms in total. The number of hydrogen-bond acceptors (Lipinski definition) is 3. The quantitative estimate of drug-likeness (QED) is 0.828. The van der Waals surface area contributed by atoms with Gasteiger partial charge in [-0.05, 0) is 18.2 Å². The predicted octanol–water partition coefficient (Wildman–Crippen LogP) is 1.41. The minimum Gasteiger partial charge on any atom is -0.395 e. The van der Waals surface area contributed by atoms with Gasteiger partial charge in [0.1, 0.15) is 0 Å². The van der Waals surface area contributed by atoms with Crippen molar-refractivity contribution in [2.75, 3.05) is 11.9 Å². The maximum atomic E-state index is 12.1. The molecule has 0 fully saturated rings. The van der Waals surface area contributed by atoms with Crippen LogP contribution in [-0.4, -0.2) is 27.4 Å². The van der Waals surface area contributed by atoms with Gasteiger partial charge in [0.2, 0.25) is 0 Å². The highest BCUT2D eigenvalue weighted by Gasteiger charge is 2.07. The van der Waals surface area contributed by atoms with E-state index in [-0.39, 0.29) is 12.5 Å². The van der Waals surface area contributed by atoms with Gasteiger partial charge in [0.05, 0.1) is 18.5 Å². The molecule has 1 heterocycles. The summed E-state index contributed by atoms with van der Waals surface area (Å²) in [5, 5.41) is 15.4. The van der Waals surface area contributed by atoms with Crippen LogP contribution in [0.15, 0.2) is 36.7 Å². The van der Waals surface area contributed by atoms with Gasteiger partial charge in [0, 0.05) is 30.8 Å². The van der Waals surface area contributed by atoms with Gasteiger partial charge in [-0.3, -0.25) is 9.48 Å². The van der Waals surface area contributed by atoms with E-state index < -0.39 is 0 Å². The lowest BCUT2D eigenvalue weighted by molar-refractivity contribution is 0.102. The Kier molecular flexibility index (Phi) is 4.53. The molecule has 2 rings (SSSR count). The molecular weight excluding hydrogens is 254 g/mol. The van der Waals surface area contributed by atoms with Gasteiger partial charge in [-0.25, -0.2) is 0 Å². The van der Waals surface area contributed by atoms with Crippen molar-refractivity contribution in [2.45, 2.75) is 6.42 Å². The molecule has 1 aromatic heterocycles. The van der Waals surface area contributed by atoms with Gasteiger partial charge in [0.25, 0.3) is 5.91 Å². The second-order valence-corrected chi connectivity index (χ2v) is 4.21. The van der Waals surface area contributed by atoms with E-state index in [1.54, 1.807) is 42.3 Å². The first-order valence-electron chi connectivity index (χ1n) is 6.19. The van der Waals surface area contributed by atoms with Gasteiger partial charge < -0.3 is 10.4 Å². The number of aryl methyl sites for hydroxylation is 1. The van der Waals surface area contributed by atoms with E-state index in [4.69, 9.17) is 5.11 Å². The van der Waals surface area contributed by atoms with Crippen molar-refractivity contribution in [1.29, 1.82) is 0 Å². The van der Waals surface area contributed by atoms with E-state index in [9.17, 15) is 4.79 Å². The van der Waals surface area contributed by atoms with Crippen LogP contribution in [0.1, 0.15) is 22.3 Å². The fourth-order valence-electron chi connectivity index (χ4n) is 1.65. The maximum absolute atomic E-state index is 12.1. The number of nitrogens with one attached hydrogen (secondary N) is 1. The zero-order chi connectivity index (χ0) is 14.4. The maximum Gasteiger partial charge on any atom is 0.255 e. The first kappa shape index (κ1) is 13.8. The summed E-state index contributed by atoms with van der Waals surface area (Å²) in [4.78, 5) is 12.1. The van der Waals surface area contributed by atoms with Crippen LogP contribution in [-0.2, 0) is 7.05 Å². The monoisotopic (exact) mass is 269 g/mol. The highest BCUT2D eigenvalue weighted by molar-refractivity contribution is 6.04. The number of aliphatic hydroxyl groups is 1. The van der Waals surface area contributed by atoms with E-state index in [1.807, 2.05) is 6.07 Å². The summed E-state index contributed by atoms with van der Waals surface area (Å²) in [5.41, 5.74) is 1.93. The van der Waals surface area contributed by atoms with Crippen molar-refractivity contribution in [1.82, 2.24) is 9.78 Å². The van der Waals surface area contributed by atoms with E-state index in [0.717, 1.165) is 5.56 Å². The van der Waals surface area contributed by atoms with Crippen LogP contribution >= 0.6 is 0 Å². The zero-order valence-electron chi connectivity index (χ0n) is 11.1. The number of aliphatic hydroxyl groups excluding tert-OH is 1. The molecule has 2 aromatic rings. The molecule has 0 unspecified atom stereocenters. The molecule has 2 N–H and O–H groups in total. The zero-order valence-corrected chi connectivity index (χ0v) is 11.1. The number of rotatable bonds is 3. The minimum atomic E-state index is -0.205. The van der Waals surface area contributed by atoms with Gasteiger partial charge >= 0.3 is 0 Å². The van der Waals surface area contributed by atoms with Gasteiger partial charge in [-0.15, -0.1) is 0 Å². The Morgan fingerprint density at radius 1 is 1.50 bits per heavy atom. The normalized spacial score (nSPS) is 9.70. The highest BCUT2D eigenvalue weighted by Crippen LogP contribution is 2.09. The van der Waals surface area contributed by atoms with Crippen molar-refractivity contribution in [3.8, 4) is 11.8 Å². The van der Waals surface area contributed by atoms with E-state index >= 15 is 0 Å². The summed E-state index contributed by atoms with van der Waals surface area (Å²) >= 11 is 0. The Morgan fingerprint density at radius 3 is 3.05 bits per heavy atom. The largest absolute Gasteiger partial charge is 0.395 e. The van der Waals surface area contributed by atoms with Gasteiger partial charge in [-0.1, -0.05) is 17.9 Å². The number of anilines is 1. The third-order valence-corrected chi connectivity index (χ3v) is 2.56. The molecule has 0 aliphatic heterocycles. The molecule has 102 valence electrons. The van der Waals surface area contributed by atoms with Gasteiger partial charge in [-0.2, -0.15) is 5.10 Å². The molecule has 0 saturated carbocycles. The fraction of sp³-hybridized carbons (Fsp3) is 0.200. The number of carbonyl (C=O) groups is 1. The lowest BCUT2D eigenvalue weighted by Crippen LogP contribution is -2.11. The van der Waals surface area contributed by atoms with Crippen LogP contribution in [0.3, 0.4) is 0 Å². The standard InChI is InChI=1S/C15H15N3O2/c1-18-11-14(10-16-18)17-15(20)13-7-4-6-12(9-13)5-2-3-8-19/h4,6-7,9-11,19H,3,8H2,1H3,(H,17,20). The summed E-state index contributed by atoms with van der Waals surface area (Å²) in [5.74, 6) is 5.52. The second kappa shape index (κ2) is 6.55. The summed E-state index contributed by atoms with van der Waals surface area (Å²) in [7, 11) is 1.78. The molecule has 20 heavy (non-hydrogen) atoms. The van der Waals surface area contributed by atoms with Crippen LogP contribution in [0.4, 0.5) is 5.69 Å². The van der Waals surface area contributed by atoms with Crippen molar-refractivity contribution in [2.24, 2.45) is 7.05 Å². The highest BCUT2D eigenvalue weighted by atomic mass is 16.2. The van der Waals surface area contributed by atoms with Gasteiger partial charge in [0.15, 0.2) is 0 Å². The van der Waals surface area contributed by atoms with E-state index in [0.29, 0.717) is 17.7 Å². The van der Waals surface area contributed by atoms with E-state index in [1.165, 1.54) is 0 Å². The number of carbonyl (C=O) groups excluding carboxylic acids is 1. The van der Waals surface area contributed by atoms with Crippen molar-refractivity contribution >= 4 is 11.6 Å². The van der Waals surface area contributed by atoms with Crippen LogP contribution in [0.2, 0.25) is 0 Å². The smallest absolute Gasteiger partial charge is 0.255 e. The fourth-order valence-corrected chi connectivity index (χ4v) is 1.65. The van der Waals surface area contributed by atoms with Crippen molar-refractivity contribution in [3.05, 3.63) is 47.8 Å². The molecule has 0 bridgehead atoms. The molecule has 0 radical (unpaired) electrons. The Balaban J connectivity index is 2.10. The molecule has 5 heteroatoms. The van der Waals surface area contributed by atoms with Crippen LogP contribution in [0, 0.1) is 11.8 Å². The average Bonchev–Trinajstić information content (AvgIpc) is 2.85. The number of hydrogen-bond donors (Lipinski definition) is 2. The Labute approximate surface area is 117 Å². The SMILES string of the molecule is Cn1cc(NC(=O)c2cccc(C#CCCO)c2)cn1. The third kappa shape index (κ3) is 3.70. The predicted molar refractivity (Wildman–Crippen MR) is 76.2 cm³/mol. The average molecular weight is 269 g/mol. The van der Waals surface area contributed by atoms with Crippen LogP contribution < -0.4 is 5.32 Å². The Hall–Kier alpha value is -2.58. The van der Waals surface area contributed by atoms with E-state index in [2.05, 4.69) is 22.3 Å². The Bertz CT molecular complexity index is 665. The lowest BCUT2D eigenvalue weighted by atomic mass is 10.1.